The second kappa shape index (κ2) is 7.86. The fraction of sp³-hybridized carbons (Fsp3) is 0.294. The molecule has 0 N–H and O–H groups in total. The monoisotopic (exact) mass is 351 g/mol. The summed E-state index contributed by atoms with van der Waals surface area (Å²) in [5.41, 5.74) is 0.943. The Labute approximate surface area is 143 Å². The number of ether oxygens (including phenoxy) is 1. The summed E-state index contributed by atoms with van der Waals surface area (Å²) >= 11 is 4.27. The van der Waals surface area contributed by atoms with Gasteiger partial charge in [-0.2, -0.15) is 16.9 Å². The third kappa shape index (κ3) is 4.28. The molecule has 0 amide bonds. The molecule has 4 nitrogen and oxygen atoms in total. The molecule has 124 valence electrons. The zero-order valence-corrected chi connectivity index (χ0v) is 14.9. The summed E-state index contributed by atoms with van der Waals surface area (Å²) < 4.78 is 32.5. The van der Waals surface area contributed by atoms with Crippen molar-refractivity contribution >= 4 is 22.7 Å². The summed E-state index contributed by atoms with van der Waals surface area (Å²) in [7, 11) is -2.06. The molecule has 0 bridgehead atoms. The van der Waals surface area contributed by atoms with Gasteiger partial charge >= 0.3 is 0 Å². The quantitative estimate of drug-likeness (QED) is 0.779. The standard InChI is InChI=1S/C17H21NO3S2/c1-14(13-22)18(12-15-6-4-3-5-7-15)23(19,20)17-10-8-16(21-2)9-11-17/h3-11,14,22H,12-13H2,1-2H3. The van der Waals surface area contributed by atoms with Gasteiger partial charge in [-0.25, -0.2) is 8.42 Å². The smallest absolute Gasteiger partial charge is 0.243 e. The first kappa shape index (κ1) is 17.8. The van der Waals surface area contributed by atoms with Crippen LogP contribution in [0, 0.1) is 0 Å². The fourth-order valence-corrected chi connectivity index (χ4v) is 4.14. The molecule has 0 radical (unpaired) electrons. The fourth-order valence-electron chi connectivity index (χ4n) is 2.22. The minimum atomic E-state index is -3.61. The average molecular weight is 351 g/mol. The highest BCUT2D eigenvalue weighted by molar-refractivity contribution is 7.89. The van der Waals surface area contributed by atoms with E-state index in [-0.39, 0.29) is 10.9 Å². The first-order chi connectivity index (χ1) is 11.0. The molecule has 6 heteroatoms. The predicted molar refractivity (Wildman–Crippen MR) is 95.5 cm³/mol. The number of benzene rings is 2. The van der Waals surface area contributed by atoms with E-state index in [9.17, 15) is 8.42 Å². The van der Waals surface area contributed by atoms with Crippen LogP contribution in [0.15, 0.2) is 59.5 Å². The predicted octanol–water partition coefficient (Wildman–Crippen LogP) is 3.20. The maximum atomic E-state index is 13.0. The molecule has 0 saturated heterocycles. The zero-order valence-electron chi connectivity index (χ0n) is 13.2. The number of thiol groups is 1. The van der Waals surface area contributed by atoms with E-state index in [1.165, 1.54) is 4.31 Å². The highest BCUT2D eigenvalue weighted by Gasteiger charge is 2.28. The van der Waals surface area contributed by atoms with Crippen LogP contribution in [0.4, 0.5) is 0 Å². The van der Waals surface area contributed by atoms with E-state index >= 15 is 0 Å². The highest BCUT2D eigenvalue weighted by atomic mass is 32.2. The number of rotatable bonds is 7. The summed E-state index contributed by atoms with van der Waals surface area (Å²) in [6.07, 6.45) is 0. The van der Waals surface area contributed by atoms with Gasteiger partial charge in [0, 0.05) is 18.3 Å². The van der Waals surface area contributed by atoms with Crippen LogP contribution < -0.4 is 4.74 Å². The van der Waals surface area contributed by atoms with Crippen molar-refractivity contribution in [2.75, 3.05) is 12.9 Å². The lowest BCUT2D eigenvalue weighted by atomic mass is 10.2. The van der Waals surface area contributed by atoms with Crippen LogP contribution in [-0.4, -0.2) is 31.6 Å². The van der Waals surface area contributed by atoms with Crippen LogP contribution in [0.2, 0.25) is 0 Å². The maximum absolute atomic E-state index is 13.0. The van der Waals surface area contributed by atoms with Crippen molar-refractivity contribution in [1.29, 1.82) is 0 Å². The van der Waals surface area contributed by atoms with Crippen LogP contribution in [-0.2, 0) is 16.6 Å². The molecule has 23 heavy (non-hydrogen) atoms. The summed E-state index contributed by atoms with van der Waals surface area (Å²) in [5, 5.41) is 0. The van der Waals surface area contributed by atoms with Gasteiger partial charge in [-0.05, 0) is 36.8 Å². The first-order valence-electron chi connectivity index (χ1n) is 7.29. The van der Waals surface area contributed by atoms with Crippen molar-refractivity contribution in [2.24, 2.45) is 0 Å². The van der Waals surface area contributed by atoms with Crippen molar-refractivity contribution in [1.82, 2.24) is 4.31 Å². The second-order valence-electron chi connectivity index (χ2n) is 5.24. The molecular formula is C17H21NO3S2. The number of sulfonamides is 1. The Morgan fingerprint density at radius 2 is 1.70 bits per heavy atom. The van der Waals surface area contributed by atoms with E-state index in [1.54, 1.807) is 31.4 Å². The van der Waals surface area contributed by atoms with Gasteiger partial charge in [0.05, 0.1) is 12.0 Å². The molecule has 0 fully saturated rings. The molecule has 0 aliphatic rings. The first-order valence-corrected chi connectivity index (χ1v) is 9.37. The Morgan fingerprint density at radius 3 is 2.22 bits per heavy atom. The number of hydrogen-bond acceptors (Lipinski definition) is 4. The SMILES string of the molecule is COc1ccc(S(=O)(=O)N(Cc2ccccc2)C(C)CS)cc1. The molecule has 0 aliphatic carbocycles. The Morgan fingerprint density at radius 1 is 1.09 bits per heavy atom. The van der Waals surface area contributed by atoms with Crippen LogP contribution in [0.1, 0.15) is 12.5 Å². The molecule has 0 saturated carbocycles. The van der Waals surface area contributed by atoms with Crippen molar-refractivity contribution in [2.45, 2.75) is 24.4 Å². The number of methoxy groups -OCH3 is 1. The van der Waals surface area contributed by atoms with Crippen LogP contribution >= 0.6 is 12.6 Å². The molecule has 1 atom stereocenters. The Bertz CT molecular complexity index is 715. The normalized spacial score (nSPS) is 13.0. The topological polar surface area (TPSA) is 46.6 Å². The van der Waals surface area contributed by atoms with Gasteiger partial charge in [0.15, 0.2) is 0 Å². The van der Waals surface area contributed by atoms with E-state index in [1.807, 2.05) is 37.3 Å². The zero-order chi connectivity index (χ0) is 16.9. The van der Waals surface area contributed by atoms with Gasteiger partial charge in [0.25, 0.3) is 0 Å². The van der Waals surface area contributed by atoms with Gasteiger partial charge in [-0.1, -0.05) is 30.3 Å². The molecule has 2 aromatic rings. The van der Waals surface area contributed by atoms with E-state index in [4.69, 9.17) is 4.74 Å². The van der Waals surface area contributed by atoms with Gasteiger partial charge < -0.3 is 4.74 Å². The van der Waals surface area contributed by atoms with Crippen LogP contribution in [0.25, 0.3) is 0 Å². The van der Waals surface area contributed by atoms with Gasteiger partial charge in [0.1, 0.15) is 5.75 Å². The number of hydrogen-bond donors (Lipinski definition) is 1. The molecule has 1 unspecified atom stereocenters. The lowest BCUT2D eigenvalue weighted by Gasteiger charge is -2.27. The van der Waals surface area contributed by atoms with Gasteiger partial charge in [-0.3, -0.25) is 0 Å². The van der Waals surface area contributed by atoms with Crippen LogP contribution in [0.3, 0.4) is 0 Å². The average Bonchev–Trinajstić information content (AvgIpc) is 2.59. The number of nitrogens with zero attached hydrogens (tertiary/aromatic N) is 1. The maximum Gasteiger partial charge on any atom is 0.243 e. The summed E-state index contributed by atoms with van der Waals surface area (Å²) in [4.78, 5) is 0.253. The Kier molecular flexibility index (Phi) is 6.10. The third-order valence-electron chi connectivity index (χ3n) is 3.60. The van der Waals surface area contributed by atoms with Crippen molar-refractivity contribution in [3.63, 3.8) is 0 Å². The minimum Gasteiger partial charge on any atom is -0.497 e. The Hall–Kier alpha value is -1.50. The summed E-state index contributed by atoms with van der Waals surface area (Å²) in [5.74, 6) is 1.07. The summed E-state index contributed by atoms with van der Waals surface area (Å²) in [6.45, 7) is 2.17. The molecule has 0 spiro atoms. The third-order valence-corrected chi connectivity index (χ3v) is 6.11. The lowest BCUT2D eigenvalue weighted by molar-refractivity contribution is 0.352. The van der Waals surface area contributed by atoms with Crippen molar-refractivity contribution in [3.05, 3.63) is 60.2 Å². The van der Waals surface area contributed by atoms with Crippen molar-refractivity contribution < 1.29 is 13.2 Å². The molecule has 2 rings (SSSR count). The molecule has 0 aliphatic heterocycles. The van der Waals surface area contributed by atoms with E-state index in [2.05, 4.69) is 12.6 Å². The highest BCUT2D eigenvalue weighted by Crippen LogP contribution is 2.23. The molecule has 0 aromatic heterocycles. The molecule has 0 heterocycles. The molecular weight excluding hydrogens is 330 g/mol. The van der Waals surface area contributed by atoms with E-state index in [0.29, 0.717) is 18.0 Å². The van der Waals surface area contributed by atoms with Gasteiger partial charge in [0.2, 0.25) is 10.0 Å². The van der Waals surface area contributed by atoms with E-state index in [0.717, 1.165) is 5.56 Å². The molecule has 2 aromatic carbocycles. The summed E-state index contributed by atoms with van der Waals surface area (Å²) in [6, 6.07) is 15.8. The minimum absolute atomic E-state index is 0.217. The van der Waals surface area contributed by atoms with E-state index < -0.39 is 10.0 Å². The second-order valence-corrected chi connectivity index (χ2v) is 7.50. The lowest BCUT2D eigenvalue weighted by Crippen LogP contribution is -2.39. The Balaban J connectivity index is 2.36. The largest absolute Gasteiger partial charge is 0.497 e. The van der Waals surface area contributed by atoms with Crippen LogP contribution in [0.5, 0.6) is 5.75 Å². The van der Waals surface area contributed by atoms with Gasteiger partial charge in [-0.15, -0.1) is 0 Å². The van der Waals surface area contributed by atoms with Crippen molar-refractivity contribution in [3.8, 4) is 5.75 Å².